The van der Waals surface area contributed by atoms with Crippen molar-refractivity contribution < 1.29 is 4.79 Å². The van der Waals surface area contributed by atoms with Crippen LogP contribution < -0.4 is 5.32 Å². The molecule has 3 rings (SSSR count). The van der Waals surface area contributed by atoms with Crippen LogP contribution in [-0.2, 0) is 4.79 Å². The minimum absolute atomic E-state index is 0.00649. The number of amides is 1. The molecule has 1 atom stereocenters. The normalized spacial score (nSPS) is 12.3. The lowest BCUT2D eigenvalue weighted by atomic mass is 10.1. The summed E-state index contributed by atoms with van der Waals surface area (Å²) in [7, 11) is 0. The molecule has 3 aromatic rings. The summed E-state index contributed by atoms with van der Waals surface area (Å²) >= 11 is 1.74. The van der Waals surface area contributed by atoms with E-state index < -0.39 is 0 Å². The molecule has 0 fully saturated rings. The zero-order chi connectivity index (χ0) is 19.2. The maximum atomic E-state index is 12.8. The van der Waals surface area contributed by atoms with Gasteiger partial charge in [0.2, 0.25) is 5.91 Å². The predicted molar refractivity (Wildman–Crippen MR) is 111 cm³/mol. The van der Waals surface area contributed by atoms with Crippen molar-refractivity contribution in [3.05, 3.63) is 54.6 Å². The maximum Gasteiger partial charge on any atom is 0.247 e. The van der Waals surface area contributed by atoms with E-state index in [4.69, 9.17) is 0 Å². The molecular weight excluding hydrogens is 358 g/mol. The van der Waals surface area contributed by atoms with E-state index in [1.54, 1.807) is 11.8 Å². The van der Waals surface area contributed by atoms with Gasteiger partial charge in [-0.2, -0.15) is 16.9 Å². The summed E-state index contributed by atoms with van der Waals surface area (Å²) in [5.41, 5.74) is 1.69. The third-order valence-electron chi connectivity index (χ3n) is 4.35. The highest BCUT2D eigenvalue weighted by Crippen LogP contribution is 2.22. The first-order valence-corrected chi connectivity index (χ1v) is 10.4. The summed E-state index contributed by atoms with van der Waals surface area (Å²) in [4.78, 5) is 17.3. The largest absolute Gasteiger partial charge is 0.342 e. The molecule has 1 aromatic carbocycles. The molecule has 0 saturated heterocycles. The number of nitrogens with zero attached hydrogens (tertiary/aromatic N) is 3. The monoisotopic (exact) mass is 383 g/mol. The third-order valence-corrected chi connectivity index (χ3v) is 4.99. The van der Waals surface area contributed by atoms with E-state index >= 15 is 0 Å². The van der Waals surface area contributed by atoms with Gasteiger partial charge in [0, 0.05) is 29.6 Å². The zero-order valence-corrected chi connectivity index (χ0v) is 16.7. The van der Waals surface area contributed by atoms with Crippen molar-refractivity contribution in [2.24, 2.45) is 0 Å². The van der Waals surface area contributed by atoms with Crippen molar-refractivity contribution >= 4 is 23.4 Å². The summed E-state index contributed by atoms with van der Waals surface area (Å²) in [6.45, 7) is 4.14. The molecule has 0 aliphatic carbocycles. The van der Waals surface area contributed by atoms with Crippen LogP contribution in [0.1, 0.15) is 38.1 Å². The Hall–Kier alpha value is -2.54. The quantitative estimate of drug-likeness (QED) is 0.607. The highest BCUT2D eigenvalue weighted by Gasteiger charge is 2.19. The molecule has 142 valence electrons. The van der Waals surface area contributed by atoms with Crippen molar-refractivity contribution in [1.29, 1.82) is 0 Å². The molecule has 2 aromatic heterocycles. The van der Waals surface area contributed by atoms with Crippen molar-refractivity contribution in [3.63, 3.8) is 0 Å². The van der Waals surface area contributed by atoms with Crippen molar-refractivity contribution in [1.82, 2.24) is 19.7 Å². The molecule has 0 aliphatic heterocycles. The highest BCUT2D eigenvalue weighted by molar-refractivity contribution is 7.98. The number of hydrogen-bond acceptors (Lipinski definition) is 4. The Morgan fingerprint density at radius 3 is 2.52 bits per heavy atom. The van der Waals surface area contributed by atoms with Gasteiger partial charge in [-0.15, -0.1) is 0 Å². The zero-order valence-electron chi connectivity index (χ0n) is 15.8. The SMILES string of the molecule is CSCC[C@@H](C(=O)Nc1ccc(-c2n[nH]c(C(C)C)n2)cc1)n1cccc1. The van der Waals surface area contributed by atoms with E-state index in [1.807, 2.05) is 53.4 Å². The number of benzene rings is 1. The van der Waals surface area contributed by atoms with E-state index in [1.165, 1.54) is 0 Å². The molecule has 1 amide bonds. The highest BCUT2D eigenvalue weighted by atomic mass is 32.2. The molecule has 2 heterocycles. The first kappa shape index (κ1) is 19.2. The average molecular weight is 384 g/mol. The number of aromatic nitrogens is 4. The second-order valence-corrected chi connectivity index (χ2v) is 7.68. The minimum Gasteiger partial charge on any atom is -0.342 e. The molecule has 27 heavy (non-hydrogen) atoms. The number of carbonyl (C=O) groups is 1. The van der Waals surface area contributed by atoms with E-state index in [-0.39, 0.29) is 11.9 Å². The van der Waals surface area contributed by atoms with Crippen LogP contribution in [0, 0.1) is 0 Å². The first-order valence-electron chi connectivity index (χ1n) is 9.03. The molecule has 0 radical (unpaired) electrons. The maximum absolute atomic E-state index is 12.8. The van der Waals surface area contributed by atoms with Gasteiger partial charge in [-0.3, -0.25) is 9.89 Å². The lowest BCUT2D eigenvalue weighted by molar-refractivity contribution is -0.119. The molecule has 0 aliphatic rings. The second-order valence-electron chi connectivity index (χ2n) is 6.69. The number of anilines is 1. The number of H-pyrrole nitrogens is 1. The number of thioether (sulfide) groups is 1. The third kappa shape index (κ3) is 4.80. The fourth-order valence-electron chi connectivity index (χ4n) is 2.79. The van der Waals surface area contributed by atoms with Crippen LogP contribution in [0.5, 0.6) is 0 Å². The summed E-state index contributed by atoms with van der Waals surface area (Å²) in [5.74, 6) is 2.76. The van der Waals surface area contributed by atoms with Gasteiger partial charge >= 0.3 is 0 Å². The van der Waals surface area contributed by atoms with Gasteiger partial charge in [0.1, 0.15) is 11.9 Å². The first-order chi connectivity index (χ1) is 13.1. The molecule has 0 unspecified atom stereocenters. The molecule has 2 N–H and O–H groups in total. The minimum atomic E-state index is -0.214. The number of carbonyl (C=O) groups excluding carboxylic acids is 1. The van der Waals surface area contributed by atoms with E-state index in [0.717, 1.165) is 29.2 Å². The molecule has 0 spiro atoms. The van der Waals surface area contributed by atoms with Crippen LogP contribution in [0.4, 0.5) is 5.69 Å². The van der Waals surface area contributed by atoms with Crippen LogP contribution in [0.25, 0.3) is 11.4 Å². The second kappa shape index (κ2) is 8.90. The van der Waals surface area contributed by atoms with Crippen molar-refractivity contribution in [3.8, 4) is 11.4 Å². The predicted octanol–water partition coefficient (Wildman–Crippen LogP) is 4.33. The molecule has 6 nitrogen and oxygen atoms in total. The Labute approximate surface area is 163 Å². The van der Waals surface area contributed by atoms with Crippen molar-refractivity contribution in [2.75, 3.05) is 17.3 Å². The Morgan fingerprint density at radius 1 is 1.22 bits per heavy atom. The van der Waals surface area contributed by atoms with Crippen LogP contribution in [0.15, 0.2) is 48.8 Å². The van der Waals surface area contributed by atoms with Gasteiger partial charge in [-0.1, -0.05) is 13.8 Å². The number of nitrogens with one attached hydrogen (secondary N) is 2. The van der Waals surface area contributed by atoms with Crippen LogP contribution in [0.3, 0.4) is 0 Å². The van der Waals surface area contributed by atoms with Gasteiger partial charge in [0.05, 0.1) is 0 Å². The van der Waals surface area contributed by atoms with Gasteiger partial charge in [-0.25, -0.2) is 4.98 Å². The Balaban J connectivity index is 1.70. The summed E-state index contributed by atoms with van der Waals surface area (Å²) in [6.07, 6.45) is 6.71. The summed E-state index contributed by atoms with van der Waals surface area (Å²) in [6, 6.07) is 11.3. The number of aromatic amines is 1. The van der Waals surface area contributed by atoms with Gasteiger partial charge in [0.15, 0.2) is 5.82 Å². The molecule has 0 bridgehead atoms. The fraction of sp³-hybridized carbons (Fsp3) is 0.350. The smallest absolute Gasteiger partial charge is 0.247 e. The Kier molecular flexibility index (Phi) is 6.34. The Bertz CT molecular complexity index is 855. The molecule has 7 heteroatoms. The fourth-order valence-corrected chi connectivity index (χ4v) is 3.25. The van der Waals surface area contributed by atoms with Gasteiger partial charge in [0.25, 0.3) is 0 Å². The standard InChI is InChI=1S/C20H25N5OS/c1-14(2)18-22-19(24-23-18)15-6-8-16(9-7-15)21-20(26)17(10-13-27-3)25-11-4-5-12-25/h4-9,11-12,14,17H,10,13H2,1-3H3,(H,21,26)(H,22,23,24)/t17-/m0/s1. The lowest BCUT2D eigenvalue weighted by Crippen LogP contribution is -2.25. The van der Waals surface area contributed by atoms with Crippen molar-refractivity contribution in [2.45, 2.75) is 32.2 Å². The molecular formula is C20H25N5OS. The average Bonchev–Trinajstić information content (AvgIpc) is 3.35. The summed E-state index contributed by atoms with van der Waals surface area (Å²) in [5, 5.41) is 10.3. The van der Waals surface area contributed by atoms with E-state index in [9.17, 15) is 4.79 Å². The lowest BCUT2D eigenvalue weighted by Gasteiger charge is -2.18. The van der Waals surface area contributed by atoms with E-state index in [0.29, 0.717) is 11.7 Å². The van der Waals surface area contributed by atoms with Crippen LogP contribution in [0.2, 0.25) is 0 Å². The molecule has 0 saturated carbocycles. The van der Waals surface area contributed by atoms with E-state index in [2.05, 4.69) is 40.6 Å². The van der Waals surface area contributed by atoms with Gasteiger partial charge in [-0.05, 0) is 54.8 Å². The van der Waals surface area contributed by atoms with Crippen LogP contribution in [-0.4, -0.2) is 37.7 Å². The Morgan fingerprint density at radius 2 is 1.93 bits per heavy atom. The van der Waals surface area contributed by atoms with Gasteiger partial charge < -0.3 is 9.88 Å². The van der Waals surface area contributed by atoms with Crippen LogP contribution >= 0.6 is 11.8 Å². The number of hydrogen-bond donors (Lipinski definition) is 2. The topological polar surface area (TPSA) is 75.6 Å². The number of rotatable bonds is 8. The summed E-state index contributed by atoms with van der Waals surface area (Å²) < 4.78 is 1.96.